The van der Waals surface area contributed by atoms with Gasteiger partial charge in [-0.3, -0.25) is 9.59 Å². The SMILES string of the molecule is Cc1cccc(-c2noc(-c3cn(CC(=O)Nc4ccc5c(c4)CCC5)c4nc(C)ccc4c3=O)n2)c1. The molecule has 0 fully saturated rings. The van der Waals surface area contributed by atoms with Gasteiger partial charge in [0.1, 0.15) is 17.8 Å². The first-order chi connectivity index (χ1) is 17.9. The zero-order valence-corrected chi connectivity index (χ0v) is 20.6. The lowest BCUT2D eigenvalue weighted by Crippen LogP contribution is -2.22. The monoisotopic (exact) mass is 491 g/mol. The Hall–Kier alpha value is -4.59. The highest BCUT2D eigenvalue weighted by molar-refractivity contribution is 5.92. The molecular formula is C29H25N5O3. The van der Waals surface area contributed by atoms with E-state index in [1.165, 1.54) is 11.1 Å². The number of aryl methyl sites for hydroxylation is 4. The summed E-state index contributed by atoms with van der Waals surface area (Å²) in [6, 6.07) is 17.3. The van der Waals surface area contributed by atoms with E-state index in [-0.39, 0.29) is 29.3 Å². The Labute approximate surface area is 213 Å². The second-order valence-electron chi connectivity index (χ2n) is 9.50. The molecule has 1 aliphatic rings. The number of nitrogens with one attached hydrogen (secondary N) is 1. The highest BCUT2D eigenvalue weighted by Crippen LogP contribution is 2.26. The largest absolute Gasteiger partial charge is 0.333 e. The van der Waals surface area contributed by atoms with Crippen LogP contribution in [0.5, 0.6) is 0 Å². The fourth-order valence-corrected chi connectivity index (χ4v) is 4.87. The quantitative estimate of drug-likeness (QED) is 0.377. The molecule has 6 rings (SSSR count). The van der Waals surface area contributed by atoms with E-state index < -0.39 is 0 Å². The summed E-state index contributed by atoms with van der Waals surface area (Å²) in [4.78, 5) is 35.5. The van der Waals surface area contributed by atoms with Crippen molar-refractivity contribution in [1.82, 2.24) is 19.7 Å². The smallest absolute Gasteiger partial charge is 0.263 e. The summed E-state index contributed by atoms with van der Waals surface area (Å²) in [6.45, 7) is 3.80. The molecule has 37 heavy (non-hydrogen) atoms. The van der Waals surface area contributed by atoms with E-state index >= 15 is 0 Å². The third-order valence-corrected chi connectivity index (χ3v) is 6.69. The van der Waals surface area contributed by atoms with Crippen molar-refractivity contribution in [2.45, 2.75) is 39.7 Å². The lowest BCUT2D eigenvalue weighted by atomic mass is 10.1. The number of hydrogen-bond donors (Lipinski definition) is 1. The fourth-order valence-electron chi connectivity index (χ4n) is 4.87. The third-order valence-electron chi connectivity index (χ3n) is 6.69. The Kier molecular flexibility index (Phi) is 5.64. The third kappa shape index (κ3) is 4.42. The van der Waals surface area contributed by atoms with E-state index in [1.54, 1.807) is 22.9 Å². The van der Waals surface area contributed by atoms with Gasteiger partial charge in [0.25, 0.3) is 5.89 Å². The summed E-state index contributed by atoms with van der Waals surface area (Å²) >= 11 is 0. The number of aromatic nitrogens is 4. The zero-order chi connectivity index (χ0) is 25.5. The van der Waals surface area contributed by atoms with E-state index in [4.69, 9.17) is 4.52 Å². The van der Waals surface area contributed by atoms with E-state index in [9.17, 15) is 9.59 Å². The molecule has 0 bridgehead atoms. The minimum Gasteiger partial charge on any atom is -0.333 e. The topological polar surface area (TPSA) is 103 Å². The van der Waals surface area contributed by atoms with Crippen LogP contribution in [0.25, 0.3) is 33.9 Å². The molecule has 1 amide bonds. The number of rotatable bonds is 5. The summed E-state index contributed by atoms with van der Waals surface area (Å²) in [5, 5.41) is 7.45. The Bertz CT molecular complexity index is 1730. The lowest BCUT2D eigenvalue weighted by molar-refractivity contribution is -0.116. The van der Waals surface area contributed by atoms with Gasteiger partial charge in [0.2, 0.25) is 17.2 Å². The van der Waals surface area contributed by atoms with Crippen LogP contribution in [0.15, 0.2) is 70.1 Å². The number of anilines is 1. The molecule has 3 aromatic heterocycles. The minimum atomic E-state index is -0.280. The summed E-state index contributed by atoms with van der Waals surface area (Å²) in [5.74, 6) is 0.265. The molecule has 8 nitrogen and oxygen atoms in total. The highest BCUT2D eigenvalue weighted by Gasteiger charge is 2.20. The number of carbonyl (C=O) groups is 1. The van der Waals surface area contributed by atoms with E-state index in [2.05, 4.69) is 26.5 Å². The van der Waals surface area contributed by atoms with E-state index in [0.29, 0.717) is 16.9 Å². The van der Waals surface area contributed by atoms with Crippen LogP contribution in [0.3, 0.4) is 0 Å². The van der Waals surface area contributed by atoms with Gasteiger partial charge in [-0.1, -0.05) is 35.0 Å². The highest BCUT2D eigenvalue weighted by atomic mass is 16.5. The van der Waals surface area contributed by atoms with Crippen molar-refractivity contribution >= 4 is 22.6 Å². The van der Waals surface area contributed by atoms with Gasteiger partial charge in [-0.15, -0.1) is 0 Å². The maximum absolute atomic E-state index is 13.4. The summed E-state index contributed by atoms with van der Waals surface area (Å²) in [7, 11) is 0. The predicted molar refractivity (Wildman–Crippen MR) is 141 cm³/mol. The maximum Gasteiger partial charge on any atom is 0.263 e. The van der Waals surface area contributed by atoms with Crippen molar-refractivity contribution in [2.24, 2.45) is 0 Å². The summed E-state index contributed by atoms with van der Waals surface area (Å²) in [5.41, 5.74) is 6.36. The molecule has 1 N–H and O–H groups in total. The van der Waals surface area contributed by atoms with Crippen molar-refractivity contribution in [3.63, 3.8) is 0 Å². The lowest BCUT2D eigenvalue weighted by Gasteiger charge is -2.13. The standard InChI is InChI=1S/C29H25N5O3/c1-17-5-3-8-21(13-17)27-32-29(37-33-27)24-15-34(28-23(26(24)36)12-9-18(2)30-28)16-25(35)31-22-11-10-19-6-4-7-20(19)14-22/h3,5,8-15H,4,6-7,16H2,1-2H3,(H,31,35). The van der Waals surface area contributed by atoms with Crippen molar-refractivity contribution in [3.8, 4) is 22.8 Å². The molecule has 184 valence electrons. The van der Waals surface area contributed by atoms with Gasteiger partial charge < -0.3 is 14.4 Å². The molecular weight excluding hydrogens is 466 g/mol. The van der Waals surface area contributed by atoms with Crippen LogP contribution in [0, 0.1) is 13.8 Å². The van der Waals surface area contributed by atoms with Crippen molar-refractivity contribution in [3.05, 3.63) is 93.4 Å². The van der Waals surface area contributed by atoms with Crippen LogP contribution in [0.1, 0.15) is 28.8 Å². The normalized spacial score (nSPS) is 12.6. The molecule has 0 spiro atoms. The number of hydrogen-bond acceptors (Lipinski definition) is 6. The number of benzene rings is 2. The van der Waals surface area contributed by atoms with Crippen molar-refractivity contribution in [1.29, 1.82) is 0 Å². The van der Waals surface area contributed by atoms with Gasteiger partial charge in [0, 0.05) is 23.1 Å². The Morgan fingerprint density at radius 2 is 1.89 bits per heavy atom. The Morgan fingerprint density at radius 1 is 1.03 bits per heavy atom. The first-order valence-corrected chi connectivity index (χ1v) is 12.3. The van der Waals surface area contributed by atoms with Crippen molar-refractivity contribution < 1.29 is 9.32 Å². The molecule has 5 aromatic rings. The average molecular weight is 492 g/mol. The minimum absolute atomic E-state index is 0.0316. The number of nitrogens with zero attached hydrogens (tertiary/aromatic N) is 4. The second-order valence-corrected chi connectivity index (χ2v) is 9.50. The van der Waals surface area contributed by atoms with Gasteiger partial charge in [-0.25, -0.2) is 4.98 Å². The molecule has 0 aliphatic heterocycles. The molecule has 0 saturated carbocycles. The van der Waals surface area contributed by atoms with Crippen molar-refractivity contribution in [2.75, 3.05) is 5.32 Å². The summed E-state index contributed by atoms with van der Waals surface area (Å²) in [6.07, 6.45) is 4.84. The molecule has 0 atom stereocenters. The van der Waals surface area contributed by atoms with Crippen LogP contribution >= 0.6 is 0 Å². The van der Waals surface area contributed by atoms with Crippen LogP contribution in [0.2, 0.25) is 0 Å². The molecule has 2 aromatic carbocycles. The predicted octanol–water partition coefficient (Wildman–Crippen LogP) is 4.86. The number of amides is 1. The Morgan fingerprint density at radius 3 is 2.76 bits per heavy atom. The van der Waals surface area contributed by atoms with E-state index in [0.717, 1.165) is 41.8 Å². The average Bonchev–Trinajstić information content (AvgIpc) is 3.55. The van der Waals surface area contributed by atoms with Gasteiger partial charge in [0.05, 0.1) is 5.39 Å². The van der Waals surface area contributed by atoms with Gasteiger partial charge >= 0.3 is 0 Å². The van der Waals surface area contributed by atoms with Gasteiger partial charge in [-0.2, -0.15) is 4.98 Å². The molecule has 0 radical (unpaired) electrons. The van der Waals surface area contributed by atoms with Crippen LogP contribution in [0.4, 0.5) is 5.69 Å². The number of pyridine rings is 2. The van der Waals surface area contributed by atoms with Gasteiger partial charge in [-0.05, 0) is 74.6 Å². The van der Waals surface area contributed by atoms with Crippen LogP contribution in [-0.4, -0.2) is 25.6 Å². The van der Waals surface area contributed by atoms with Gasteiger partial charge in [0.15, 0.2) is 0 Å². The first kappa shape index (κ1) is 22.8. The zero-order valence-electron chi connectivity index (χ0n) is 20.6. The number of fused-ring (bicyclic) bond motifs is 2. The van der Waals surface area contributed by atoms with Crippen LogP contribution in [-0.2, 0) is 24.2 Å². The second kappa shape index (κ2) is 9.13. The maximum atomic E-state index is 13.4. The Balaban J connectivity index is 1.37. The fraction of sp³-hybridized carbons (Fsp3) is 0.207. The molecule has 0 saturated heterocycles. The molecule has 8 heteroatoms. The molecule has 3 heterocycles. The van der Waals surface area contributed by atoms with E-state index in [1.807, 2.05) is 50.2 Å². The first-order valence-electron chi connectivity index (χ1n) is 12.3. The molecule has 0 unspecified atom stereocenters. The van der Waals surface area contributed by atoms with Crippen LogP contribution < -0.4 is 10.7 Å². The molecule has 1 aliphatic carbocycles. The number of carbonyl (C=O) groups excluding carboxylic acids is 1. The summed E-state index contributed by atoms with van der Waals surface area (Å²) < 4.78 is 7.17.